The molecule has 2 aromatic rings. The molecule has 2 rings (SSSR count). The Bertz CT molecular complexity index is 684. The van der Waals surface area contributed by atoms with Crippen molar-refractivity contribution in [2.24, 2.45) is 0 Å². The van der Waals surface area contributed by atoms with E-state index in [2.05, 4.69) is 14.7 Å². The molecule has 0 unspecified atom stereocenters. The van der Waals surface area contributed by atoms with Gasteiger partial charge in [-0.05, 0) is 44.2 Å². The fraction of sp³-hybridized carbons (Fsp3) is 0.231. The predicted octanol–water partition coefficient (Wildman–Crippen LogP) is 1.98. The lowest BCUT2D eigenvalue weighted by molar-refractivity contribution is 0.340. The van der Waals surface area contributed by atoms with Crippen LogP contribution >= 0.6 is 0 Å². The van der Waals surface area contributed by atoms with Gasteiger partial charge in [-0.25, -0.2) is 23.1 Å². The molecule has 106 valence electrons. The van der Waals surface area contributed by atoms with Crippen LogP contribution < -0.4 is 9.46 Å². The van der Waals surface area contributed by atoms with Crippen LogP contribution in [-0.2, 0) is 10.0 Å². The van der Waals surface area contributed by atoms with E-state index in [1.807, 2.05) is 6.92 Å². The van der Waals surface area contributed by atoms with Crippen molar-refractivity contribution in [2.75, 3.05) is 11.3 Å². The second kappa shape index (κ2) is 5.87. The van der Waals surface area contributed by atoms with Crippen LogP contribution in [0.2, 0.25) is 0 Å². The number of ether oxygens (including phenoxy) is 1. The van der Waals surface area contributed by atoms with Crippen LogP contribution in [0.25, 0.3) is 0 Å². The minimum atomic E-state index is -3.69. The number of nitrogens with one attached hydrogen (secondary N) is 1. The van der Waals surface area contributed by atoms with Crippen LogP contribution in [0.15, 0.2) is 41.4 Å². The third-order valence-corrected chi connectivity index (χ3v) is 3.81. The molecule has 7 heteroatoms. The number of benzene rings is 1. The number of nitrogens with zero attached hydrogens (tertiary/aromatic N) is 2. The van der Waals surface area contributed by atoms with E-state index in [0.717, 1.165) is 0 Å². The van der Waals surface area contributed by atoms with E-state index in [1.165, 1.54) is 18.3 Å². The van der Waals surface area contributed by atoms with Gasteiger partial charge in [0.2, 0.25) is 5.95 Å². The zero-order chi connectivity index (χ0) is 14.6. The number of hydrogen-bond donors (Lipinski definition) is 1. The molecule has 1 N–H and O–H groups in total. The molecule has 6 nitrogen and oxygen atoms in total. The Morgan fingerprint density at radius 3 is 2.50 bits per heavy atom. The summed E-state index contributed by atoms with van der Waals surface area (Å²) in [6, 6.07) is 7.85. The first kappa shape index (κ1) is 14.3. The van der Waals surface area contributed by atoms with Gasteiger partial charge in [0.15, 0.2) is 0 Å². The average Bonchev–Trinajstić information content (AvgIpc) is 2.39. The van der Waals surface area contributed by atoms with E-state index in [-0.39, 0.29) is 10.8 Å². The summed E-state index contributed by atoms with van der Waals surface area (Å²) in [6.07, 6.45) is 1.50. The zero-order valence-corrected chi connectivity index (χ0v) is 12.0. The molecule has 0 aliphatic carbocycles. The van der Waals surface area contributed by atoms with Crippen molar-refractivity contribution in [1.82, 2.24) is 9.97 Å². The van der Waals surface area contributed by atoms with Crippen LogP contribution in [0, 0.1) is 6.92 Å². The summed E-state index contributed by atoms with van der Waals surface area (Å²) < 4.78 is 31.9. The Morgan fingerprint density at radius 2 is 1.90 bits per heavy atom. The highest BCUT2D eigenvalue weighted by Gasteiger charge is 2.15. The molecule has 0 atom stereocenters. The molecule has 1 aromatic carbocycles. The Balaban J connectivity index is 2.21. The van der Waals surface area contributed by atoms with E-state index in [4.69, 9.17) is 4.74 Å². The Kier molecular flexibility index (Phi) is 4.19. The topological polar surface area (TPSA) is 81.2 Å². The third kappa shape index (κ3) is 3.45. The first-order valence-corrected chi connectivity index (χ1v) is 7.55. The molecule has 20 heavy (non-hydrogen) atoms. The number of anilines is 1. The summed E-state index contributed by atoms with van der Waals surface area (Å²) in [5.41, 5.74) is 0.685. The highest BCUT2D eigenvalue weighted by Crippen LogP contribution is 2.17. The molecule has 0 aliphatic rings. The molecule has 1 heterocycles. The van der Waals surface area contributed by atoms with Crippen molar-refractivity contribution in [1.29, 1.82) is 0 Å². The molecular formula is C13H15N3O3S. The molecule has 0 spiro atoms. The normalized spacial score (nSPS) is 11.1. The summed E-state index contributed by atoms with van der Waals surface area (Å²) >= 11 is 0. The number of hydrogen-bond acceptors (Lipinski definition) is 5. The molecule has 0 saturated heterocycles. The van der Waals surface area contributed by atoms with Crippen LogP contribution in [0.4, 0.5) is 5.95 Å². The van der Waals surface area contributed by atoms with Gasteiger partial charge in [-0.3, -0.25) is 0 Å². The largest absolute Gasteiger partial charge is 0.494 e. The molecule has 0 aliphatic heterocycles. The van der Waals surface area contributed by atoms with Gasteiger partial charge < -0.3 is 4.74 Å². The van der Waals surface area contributed by atoms with Gasteiger partial charge in [0, 0.05) is 11.9 Å². The van der Waals surface area contributed by atoms with Gasteiger partial charge in [0.25, 0.3) is 10.0 Å². The quantitative estimate of drug-likeness (QED) is 0.911. The standard InChI is InChI=1S/C13H15N3O3S/c1-3-19-11-4-6-12(7-5-11)20(17,18)16-13-14-9-8-10(2)15-13/h4-9H,3H2,1-2H3,(H,14,15,16). The zero-order valence-electron chi connectivity index (χ0n) is 11.2. The Morgan fingerprint density at radius 1 is 1.20 bits per heavy atom. The van der Waals surface area contributed by atoms with Crippen molar-refractivity contribution >= 4 is 16.0 Å². The maximum Gasteiger partial charge on any atom is 0.264 e. The Labute approximate surface area is 117 Å². The highest BCUT2D eigenvalue weighted by molar-refractivity contribution is 7.92. The molecule has 1 aromatic heterocycles. The van der Waals surface area contributed by atoms with Gasteiger partial charge in [-0.1, -0.05) is 0 Å². The third-order valence-electron chi connectivity index (χ3n) is 2.47. The van der Waals surface area contributed by atoms with Crippen LogP contribution in [-0.4, -0.2) is 25.0 Å². The summed E-state index contributed by atoms with van der Waals surface area (Å²) in [7, 11) is -3.69. The van der Waals surface area contributed by atoms with E-state index in [1.54, 1.807) is 25.1 Å². The second-order valence-corrected chi connectivity index (χ2v) is 5.71. The Hall–Kier alpha value is -2.15. The summed E-state index contributed by atoms with van der Waals surface area (Å²) in [5.74, 6) is 0.678. The van der Waals surface area contributed by atoms with Crippen molar-refractivity contribution in [3.05, 3.63) is 42.2 Å². The average molecular weight is 293 g/mol. The van der Waals surface area contributed by atoms with Crippen molar-refractivity contribution in [3.63, 3.8) is 0 Å². The van der Waals surface area contributed by atoms with E-state index < -0.39 is 10.0 Å². The van der Waals surface area contributed by atoms with Gasteiger partial charge in [0.1, 0.15) is 5.75 Å². The monoisotopic (exact) mass is 293 g/mol. The lowest BCUT2D eigenvalue weighted by atomic mass is 10.3. The fourth-order valence-electron chi connectivity index (χ4n) is 1.56. The number of aryl methyl sites for hydroxylation is 1. The molecule has 0 fully saturated rings. The maximum absolute atomic E-state index is 12.2. The number of sulfonamides is 1. The van der Waals surface area contributed by atoms with Gasteiger partial charge in [-0.2, -0.15) is 0 Å². The lowest BCUT2D eigenvalue weighted by Crippen LogP contribution is -2.15. The SMILES string of the molecule is CCOc1ccc(S(=O)(=O)Nc2nccc(C)n2)cc1. The van der Waals surface area contributed by atoms with Crippen LogP contribution in [0.5, 0.6) is 5.75 Å². The number of rotatable bonds is 5. The van der Waals surface area contributed by atoms with E-state index >= 15 is 0 Å². The first-order valence-electron chi connectivity index (χ1n) is 6.06. The van der Waals surface area contributed by atoms with Gasteiger partial charge >= 0.3 is 0 Å². The summed E-state index contributed by atoms with van der Waals surface area (Å²) in [5, 5.41) is 0. The molecule has 0 saturated carbocycles. The maximum atomic E-state index is 12.2. The van der Waals surface area contributed by atoms with Gasteiger partial charge in [0.05, 0.1) is 11.5 Å². The van der Waals surface area contributed by atoms with E-state index in [0.29, 0.717) is 18.1 Å². The smallest absolute Gasteiger partial charge is 0.264 e. The minimum Gasteiger partial charge on any atom is -0.494 e. The second-order valence-electron chi connectivity index (χ2n) is 4.03. The van der Waals surface area contributed by atoms with Crippen molar-refractivity contribution < 1.29 is 13.2 Å². The summed E-state index contributed by atoms with van der Waals surface area (Å²) in [4.78, 5) is 8.01. The highest BCUT2D eigenvalue weighted by atomic mass is 32.2. The number of aromatic nitrogens is 2. The van der Waals surface area contributed by atoms with Gasteiger partial charge in [-0.15, -0.1) is 0 Å². The molecular weight excluding hydrogens is 278 g/mol. The van der Waals surface area contributed by atoms with E-state index in [9.17, 15) is 8.42 Å². The fourth-order valence-corrected chi connectivity index (χ4v) is 2.51. The van der Waals surface area contributed by atoms with Crippen LogP contribution in [0.1, 0.15) is 12.6 Å². The lowest BCUT2D eigenvalue weighted by Gasteiger charge is -2.08. The molecule has 0 bridgehead atoms. The summed E-state index contributed by atoms with van der Waals surface area (Å²) in [6.45, 7) is 4.15. The van der Waals surface area contributed by atoms with Crippen molar-refractivity contribution in [2.45, 2.75) is 18.7 Å². The molecule has 0 radical (unpaired) electrons. The molecule has 0 amide bonds. The van der Waals surface area contributed by atoms with Crippen LogP contribution in [0.3, 0.4) is 0 Å². The predicted molar refractivity (Wildman–Crippen MR) is 75.2 cm³/mol. The first-order chi connectivity index (χ1) is 9.51. The van der Waals surface area contributed by atoms with Crippen molar-refractivity contribution in [3.8, 4) is 5.75 Å². The minimum absolute atomic E-state index is 0.0545.